The minimum atomic E-state index is -4.54. The molecule has 1 aromatic heterocycles. The lowest BCUT2D eigenvalue weighted by atomic mass is 10.1. The summed E-state index contributed by atoms with van der Waals surface area (Å²) in [5, 5.41) is 9.27. The van der Waals surface area contributed by atoms with Crippen LogP contribution in [0, 0.1) is 0 Å². The van der Waals surface area contributed by atoms with Gasteiger partial charge in [0.15, 0.2) is 0 Å². The van der Waals surface area contributed by atoms with Crippen LogP contribution in [-0.2, 0) is 15.8 Å². The second kappa shape index (κ2) is 8.03. The number of alkyl halides is 3. The molecule has 1 saturated heterocycles. The summed E-state index contributed by atoms with van der Waals surface area (Å²) in [4.78, 5) is 25.1. The lowest BCUT2D eigenvalue weighted by molar-refractivity contribution is -0.145. The van der Waals surface area contributed by atoms with Crippen molar-refractivity contribution in [1.82, 2.24) is 4.90 Å². The van der Waals surface area contributed by atoms with Gasteiger partial charge in [0.1, 0.15) is 21.9 Å². The number of amides is 1. The summed E-state index contributed by atoms with van der Waals surface area (Å²) < 4.78 is 45.2. The molecule has 0 radical (unpaired) electrons. The van der Waals surface area contributed by atoms with E-state index in [1.807, 2.05) is 0 Å². The fourth-order valence-corrected chi connectivity index (χ4v) is 4.20. The predicted octanol–water partition coefficient (Wildman–Crippen LogP) is 5.03. The normalized spacial score (nSPS) is 17.2. The number of thiocarbonyl (C=S) groups is 1. The van der Waals surface area contributed by atoms with E-state index in [4.69, 9.17) is 16.6 Å². The number of hydrogen-bond acceptors (Lipinski definition) is 5. The van der Waals surface area contributed by atoms with E-state index in [1.54, 1.807) is 6.92 Å². The van der Waals surface area contributed by atoms with Crippen LogP contribution in [0.5, 0.6) is 0 Å². The number of carboxylic acid groups (broad SMARTS) is 1. The first kappa shape index (κ1) is 21.1. The van der Waals surface area contributed by atoms with Crippen molar-refractivity contribution in [2.45, 2.75) is 25.6 Å². The Morgan fingerprint density at radius 1 is 1.31 bits per heavy atom. The molecule has 3 rings (SSSR count). The lowest BCUT2D eigenvalue weighted by Gasteiger charge is -2.21. The van der Waals surface area contributed by atoms with E-state index in [1.165, 1.54) is 36.4 Å². The van der Waals surface area contributed by atoms with Crippen LogP contribution >= 0.6 is 24.0 Å². The van der Waals surface area contributed by atoms with Gasteiger partial charge in [-0.05, 0) is 24.6 Å². The maximum Gasteiger partial charge on any atom is 0.417 e. The molecule has 1 aliphatic rings. The molecule has 1 N–H and O–H groups in total. The number of aliphatic carboxylic acids is 1. The van der Waals surface area contributed by atoms with Gasteiger partial charge in [0.2, 0.25) is 0 Å². The third-order valence-electron chi connectivity index (χ3n) is 4.21. The van der Waals surface area contributed by atoms with Crippen LogP contribution in [0.3, 0.4) is 0 Å². The molecule has 1 fully saturated rings. The largest absolute Gasteiger partial charge is 0.480 e. The van der Waals surface area contributed by atoms with E-state index >= 15 is 0 Å². The summed E-state index contributed by atoms with van der Waals surface area (Å²) in [5.74, 6) is -1.60. The van der Waals surface area contributed by atoms with Crippen molar-refractivity contribution in [3.63, 3.8) is 0 Å². The number of rotatable bonds is 5. The fraction of sp³-hybridized carbons (Fsp3) is 0.211. The maximum absolute atomic E-state index is 13.2. The third-order valence-corrected chi connectivity index (χ3v) is 5.54. The molecular formula is C19H14F3NO4S2. The van der Waals surface area contributed by atoms with Crippen molar-refractivity contribution < 1.29 is 32.3 Å². The Balaban J connectivity index is 1.91. The summed E-state index contributed by atoms with van der Waals surface area (Å²) in [6, 6.07) is 6.73. The number of carboxylic acids is 1. The molecule has 0 bridgehead atoms. The molecule has 0 spiro atoms. The summed E-state index contributed by atoms with van der Waals surface area (Å²) in [7, 11) is 0. The molecule has 1 aromatic carbocycles. The Morgan fingerprint density at radius 3 is 2.62 bits per heavy atom. The average Bonchev–Trinajstić information content (AvgIpc) is 3.22. The van der Waals surface area contributed by atoms with E-state index in [0.29, 0.717) is 0 Å². The number of carbonyl (C=O) groups is 2. The zero-order valence-electron chi connectivity index (χ0n) is 14.9. The average molecular weight is 441 g/mol. The van der Waals surface area contributed by atoms with Gasteiger partial charge in [-0.3, -0.25) is 9.69 Å². The Bertz CT molecular complexity index is 1010. The zero-order valence-corrected chi connectivity index (χ0v) is 16.5. The van der Waals surface area contributed by atoms with Crippen LogP contribution in [0.2, 0.25) is 0 Å². The summed E-state index contributed by atoms with van der Waals surface area (Å²) in [6.45, 7) is 1.62. The second-order valence-corrected chi connectivity index (χ2v) is 7.74. The van der Waals surface area contributed by atoms with Crippen LogP contribution < -0.4 is 0 Å². The van der Waals surface area contributed by atoms with E-state index < -0.39 is 29.7 Å². The Morgan fingerprint density at radius 2 is 2.00 bits per heavy atom. The number of halogens is 3. The first-order chi connectivity index (χ1) is 13.6. The van der Waals surface area contributed by atoms with Crippen LogP contribution in [0.25, 0.3) is 17.4 Å². The van der Waals surface area contributed by atoms with Crippen LogP contribution in [0.1, 0.15) is 24.7 Å². The number of benzene rings is 1. The molecule has 1 amide bonds. The molecule has 2 heterocycles. The topological polar surface area (TPSA) is 70.8 Å². The Kier molecular flexibility index (Phi) is 5.85. The molecule has 1 unspecified atom stereocenters. The van der Waals surface area contributed by atoms with Gasteiger partial charge < -0.3 is 9.52 Å². The van der Waals surface area contributed by atoms with Crippen molar-refractivity contribution in [2.24, 2.45) is 0 Å². The zero-order chi connectivity index (χ0) is 21.3. The van der Waals surface area contributed by atoms with Crippen molar-refractivity contribution in [3.05, 3.63) is 52.6 Å². The van der Waals surface area contributed by atoms with E-state index in [-0.39, 0.29) is 32.7 Å². The summed E-state index contributed by atoms with van der Waals surface area (Å²) in [5.41, 5.74) is -0.955. The lowest BCUT2D eigenvalue weighted by Crippen LogP contribution is -2.43. The number of carbonyl (C=O) groups excluding carboxylic acids is 1. The molecule has 29 heavy (non-hydrogen) atoms. The molecule has 2 aromatic rings. The smallest absolute Gasteiger partial charge is 0.417 e. The van der Waals surface area contributed by atoms with Crippen LogP contribution in [-0.4, -0.2) is 32.2 Å². The van der Waals surface area contributed by atoms with Gasteiger partial charge >= 0.3 is 12.1 Å². The number of nitrogens with zero attached hydrogens (tertiary/aromatic N) is 1. The molecular weight excluding hydrogens is 427 g/mol. The third kappa shape index (κ3) is 4.23. The molecule has 0 aliphatic carbocycles. The van der Waals surface area contributed by atoms with Gasteiger partial charge in [-0.25, -0.2) is 4.79 Å². The van der Waals surface area contributed by atoms with Gasteiger partial charge in [0.05, 0.1) is 10.5 Å². The number of hydrogen-bond donors (Lipinski definition) is 1. The molecule has 0 saturated carbocycles. The van der Waals surface area contributed by atoms with E-state index in [0.717, 1.165) is 22.7 Å². The van der Waals surface area contributed by atoms with Crippen LogP contribution in [0.4, 0.5) is 13.2 Å². The monoisotopic (exact) mass is 441 g/mol. The van der Waals surface area contributed by atoms with E-state index in [2.05, 4.69) is 0 Å². The van der Waals surface area contributed by atoms with Crippen molar-refractivity contribution in [2.75, 3.05) is 0 Å². The highest BCUT2D eigenvalue weighted by molar-refractivity contribution is 8.26. The first-order valence-electron chi connectivity index (χ1n) is 8.39. The molecule has 10 heteroatoms. The quantitative estimate of drug-likeness (QED) is 0.518. The second-order valence-electron chi connectivity index (χ2n) is 6.06. The molecule has 152 valence electrons. The highest BCUT2D eigenvalue weighted by atomic mass is 32.2. The highest BCUT2D eigenvalue weighted by Crippen LogP contribution is 2.39. The molecule has 1 atom stereocenters. The minimum Gasteiger partial charge on any atom is -0.480 e. The maximum atomic E-state index is 13.2. The summed E-state index contributed by atoms with van der Waals surface area (Å²) >= 11 is 6.04. The van der Waals surface area contributed by atoms with Gasteiger partial charge in [-0.1, -0.05) is 49.1 Å². The van der Waals surface area contributed by atoms with Gasteiger partial charge in [-0.2, -0.15) is 13.2 Å². The molecule has 1 aliphatic heterocycles. The Labute approximate surface area is 173 Å². The predicted molar refractivity (Wildman–Crippen MR) is 106 cm³/mol. The summed E-state index contributed by atoms with van der Waals surface area (Å²) in [6.07, 6.45) is -3.03. The van der Waals surface area contributed by atoms with Crippen molar-refractivity contribution in [3.8, 4) is 11.3 Å². The Hall–Kier alpha value is -2.59. The van der Waals surface area contributed by atoms with Crippen molar-refractivity contribution in [1.29, 1.82) is 0 Å². The number of furan rings is 1. The standard InChI is InChI=1S/C19H14F3NO4S2/c1-2-13(17(25)26)23-16(24)15(29-18(23)28)9-10-7-8-14(27-10)11-5-3-4-6-12(11)19(20,21)22/h3-9,13H,2H2,1H3,(H,25,26)/b15-9+. The highest BCUT2D eigenvalue weighted by Gasteiger charge is 2.40. The van der Waals surface area contributed by atoms with Gasteiger partial charge in [0.25, 0.3) is 5.91 Å². The van der Waals surface area contributed by atoms with Gasteiger partial charge in [-0.15, -0.1) is 0 Å². The van der Waals surface area contributed by atoms with Crippen molar-refractivity contribution >= 4 is 46.3 Å². The minimum absolute atomic E-state index is 0.00313. The fourth-order valence-electron chi connectivity index (χ4n) is 2.87. The first-order valence-corrected chi connectivity index (χ1v) is 9.62. The van der Waals surface area contributed by atoms with E-state index in [9.17, 15) is 27.9 Å². The van der Waals surface area contributed by atoms with Gasteiger partial charge in [0, 0.05) is 11.6 Å². The molecule has 5 nitrogen and oxygen atoms in total. The number of thioether (sulfide) groups is 1. The van der Waals surface area contributed by atoms with Crippen LogP contribution in [0.15, 0.2) is 45.7 Å². The SMILES string of the molecule is CCC(C(=O)O)N1C(=O)/C(=C\c2ccc(-c3ccccc3C(F)(F)F)o2)SC1=S.